The molecule has 1 unspecified atom stereocenters. The summed E-state index contributed by atoms with van der Waals surface area (Å²) in [6.45, 7) is 4.01. The average Bonchev–Trinajstić information content (AvgIpc) is 2.45. The van der Waals surface area contributed by atoms with Crippen LogP contribution in [0.1, 0.15) is 44.7 Å². The molecule has 0 aliphatic rings. The second kappa shape index (κ2) is 8.42. The fourth-order valence-corrected chi connectivity index (χ4v) is 2.18. The zero-order valence-electron chi connectivity index (χ0n) is 12.7. The highest BCUT2D eigenvalue weighted by atomic mass is 16.4. The Hall–Kier alpha value is -1.88. The van der Waals surface area contributed by atoms with E-state index in [1.807, 2.05) is 44.2 Å². The third-order valence-corrected chi connectivity index (χ3v) is 3.41. The molecule has 0 saturated heterocycles. The summed E-state index contributed by atoms with van der Waals surface area (Å²) in [6.07, 6.45) is 0.849. The number of carbonyl (C=O) groups is 2. The van der Waals surface area contributed by atoms with Crippen LogP contribution in [-0.2, 0) is 9.59 Å². The maximum Gasteiger partial charge on any atom is 0.305 e. The summed E-state index contributed by atoms with van der Waals surface area (Å²) in [4.78, 5) is 24.5. The Kier molecular flexibility index (Phi) is 6.88. The van der Waals surface area contributed by atoms with E-state index in [9.17, 15) is 9.59 Å². The fourth-order valence-electron chi connectivity index (χ4n) is 2.18. The van der Waals surface area contributed by atoms with Crippen LogP contribution in [-0.4, -0.2) is 34.5 Å². The lowest BCUT2D eigenvalue weighted by Crippen LogP contribution is -2.38. The summed E-state index contributed by atoms with van der Waals surface area (Å²) in [5.41, 5.74) is 7.08. The molecule has 0 aromatic heterocycles. The minimum atomic E-state index is -0.894. The van der Waals surface area contributed by atoms with E-state index in [0.717, 1.165) is 5.56 Å². The van der Waals surface area contributed by atoms with Crippen molar-refractivity contribution < 1.29 is 14.7 Å². The molecule has 5 nitrogen and oxygen atoms in total. The van der Waals surface area contributed by atoms with Crippen molar-refractivity contribution in [1.82, 2.24) is 4.90 Å². The lowest BCUT2D eigenvalue weighted by atomic mass is 10.0. The van der Waals surface area contributed by atoms with Gasteiger partial charge < -0.3 is 15.7 Å². The van der Waals surface area contributed by atoms with Crippen LogP contribution >= 0.6 is 0 Å². The van der Waals surface area contributed by atoms with Crippen LogP contribution in [0.15, 0.2) is 30.3 Å². The lowest BCUT2D eigenvalue weighted by molar-refractivity contribution is -0.139. The van der Waals surface area contributed by atoms with Gasteiger partial charge in [0, 0.05) is 25.0 Å². The number of rotatable bonds is 8. The molecule has 0 aliphatic heterocycles. The van der Waals surface area contributed by atoms with E-state index in [-0.39, 0.29) is 31.0 Å². The molecule has 5 heteroatoms. The topological polar surface area (TPSA) is 83.6 Å². The van der Waals surface area contributed by atoms with Crippen molar-refractivity contribution in [3.63, 3.8) is 0 Å². The number of carbonyl (C=O) groups excluding carboxylic acids is 1. The van der Waals surface area contributed by atoms with Gasteiger partial charge in [0.05, 0.1) is 6.42 Å². The summed E-state index contributed by atoms with van der Waals surface area (Å²) in [6, 6.07) is 9.47. The normalized spacial score (nSPS) is 12.2. The number of hydrogen-bond donors (Lipinski definition) is 2. The lowest BCUT2D eigenvalue weighted by Gasteiger charge is -2.26. The van der Waals surface area contributed by atoms with E-state index in [2.05, 4.69) is 0 Å². The van der Waals surface area contributed by atoms with E-state index in [1.165, 1.54) is 0 Å². The minimum Gasteiger partial charge on any atom is -0.481 e. The first-order valence-electron chi connectivity index (χ1n) is 7.23. The zero-order valence-corrected chi connectivity index (χ0v) is 12.7. The van der Waals surface area contributed by atoms with Crippen LogP contribution < -0.4 is 5.73 Å². The molecule has 0 radical (unpaired) electrons. The van der Waals surface area contributed by atoms with E-state index >= 15 is 0 Å². The third kappa shape index (κ3) is 5.95. The second-order valence-corrected chi connectivity index (χ2v) is 5.38. The summed E-state index contributed by atoms with van der Waals surface area (Å²) < 4.78 is 0. The highest BCUT2D eigenvalue weighted by Gasteiger charge is 2.18. The molecule has 116 valence electrons. The highest BCUT2D eigenvalue weighted by Crippen LogP contribution is 2.16. The Morgan fingerprint density at radius 2 is 1.81 bits per heavy atom. The number of carboxylic acids is 1. The summed E-state index contributed by atoms with van der Waals surface area (Å²) >= 11 is 0. The molecule has 1 aromatic carbocycles. The SMILES string of the molecule is CC(C)N(CCC(=O)O)C(=O)CCC(N)c1ccccc1. The van der Waals surface area contributed by atoms with Gasteiger partial charge in [0.1, 0.15) is 0 Å². The van der Waals surface area contributed by atoms with Gasteiger partial charge in [-0.2, -0.15) is 0 Å². The Labute approximate surface area is 125 Å². The van der Waals surface area contributed by atoms with Crippen molar-refractivity contribution in [3.8, 4) is 0 Å². The van der Waals surface area contributed by atoms with E-state index in [1.54, 1.807) is 4.90 Å². The van der Waals surface area contributed by atoms with Gasteiger partial charge in [-0.15, -0.1) is 0 Å². The molecule has 0 fully saturated rings. The van der Waals surface area contributed by atoms with Crippen molar-refractivity contribution >= 4 is 11.9 Å². The molecule has 1 amide bonds. The van der Waals surface area contributed by atoms with Crippen molar-refractivity contribution in [2.24, 2.45) is 5.73 Å². The van der Waals surface area contributed by atoms with Gasteiger partial charge in [0.15, 0.2) is 0 Å². The van der Waals surface area contributed by atoms with E-state index < -0.39 is 5.97 Å². The molecule has 3 N–H and O–H groups in total. The van der Waals surface area contributed by atoms with E-state index in [0.29, 0.717) is 12.8 Å². The van der Waals surface area contributed by atoms with Gasteiger partial charge in [-0.3, -0.25) is 9.59 Å². The standard InChI is InChI=1S/C16H24N2O3/c1-12(2)18(11-10-16(20)21)15(19)9-8-14(17)13-6-4-3-5-7-13/h3-7,12,14H,8-11,17H2,1-2H3,(H,20,21). The van der Waals surface area contributed by atoms with Crippen LogP contribution in [0.5, 0.6) is 0 Å². The summed E-state index contributed by atoms with van der Waals surface area (Å²) in [5.74, 6) is -0.938. The van der Waals surface area contributed by atoms with Crippen LogP contribution in [0.4, 0.5) is 0 Å². The van der Waals surface area contributed by atoms with Gasteiger partial charge in [-0.25, -0.2) is 0 Å². The molecule has 1 atom stereocenters. The number of hydrogen-bond acceptors (Lipinski definition) is 3. The first kappa shape index (κ1) is 17.2. The van der Waals surface area contributed by atoms with Gasteiger partial charge in [-0.05, 0) is 25.8 Å². The van der Waals surface area contributed by atoms with Gasteiger partial charge in [0.2, 0.25) is 5.91 Å². The number of aliphatic carboxylic acids is 1. The predicted molar refractivity (Wildman–Crippen MR) is 81.7 cm³/mol. The van der Waals surface area contributed by atoms with Crippen molar-refractivity contribution in [2.45, 2.75) is 45.2 Å². The average molecular weight is 292 g/mol. The number of nitrogens with two attached hydrogens (primary N) is 1. The smallest absolute Gasteiger partial charge is 0.305 e. The van der Waals surface area contributed by atoms with Gasteiger partial charge >= 0.3 is 5.97 Å². The van der Waals surface area contributed by atoms with Crippen LogP contribution in [0.2, 0.25) is 0 Å². The predicted octanol–water partition coefficient (Wildman–Crippen LogP) is 2.18. The Morgan fingerprint density at radius 1 is 1.19 bits per heavy atom. The second-order valence-electron chi connectivity index (χ2n) is 5.38. The van der Waals surface area contributed by atoms with Crippen molar-refractivity contribution in [2.75, 3.05) is 6.54 Å². The van der Waals surface area contributed by atoms with Crippen LogP contribution in [0, 0.1) is 0 Å². The number of carboxylic acid groups (broad SMARTS) is 1. The minimum absolute atomic E-state index is 0.00944. The van der Waals surface area contributed by atoms with Crippen LogP contribution in [0.25, 0.3) is 0 Å². The first-order chi connectivity index (χ1) is 9.91. The Balaban J connectivity index is 2.51. The molecule has 0 bridgehead atoms. The Bertz CT molecular complexity index is 460. The Morgan fingerprint density at radius 3 is 2.33 bits per heavy atom. The van der Waals surface area contributed by atoms with Crippen molar-refractivity contribution in [3.05, 3.63) is 35.9 Å². The quantitative estimate of drug-likeness (QED) is 0.769. The molecule has 1 aromatic rings. The maximum atomic E-state index is 12.2. The van der Waals surface area contributed by atoms with E-state index in [4.69, 9.17) is 10.8 Å². The highest BCUT2D eigenvalue weighted by molar-refractivity contribution is 5.77. The molecular formula is C16H24N2O3. The molecule has 1 rings (SSSR count). The maximum absolute atomic E-state index is 12.2. The van der Waals surface area contributed by atoms with Gasteiger partial charge in [-0.1, -0.05) is 30.3 Å². The molecule has 21 heavy (non-hydrogen) atoms. The zero-order chi connectivity index (χ0) is 15.8. The number of nitrogens with zero attached hydrogens (tertiary/aromatic N) is 1. The number of amides is 1. The molecule has 0 heterocycles. The number of benzene rings is 1. The monoisotopic (exact) mass is 292 g/mol. The fraction of sp³-hybridized carbons (Fsp3) is 0.500. The molecule has 0 saturated carbocycles. The molecule has 0 spiro atoms. The van der Waals surface area contributed by atoms with Crippen LogP contribution in [0.3, 0.4) is 0 Å². The third-order valence-electron chi connectivity index (χ3n) is 3.41. The molecule has 0 aliphatic carbocycles. The largest absolute Gasteiger partial charge is 0.481 e. The van der Waals surface area contributed by atoms with Gasteiger partial charge in [0.25, 0.3) is 0 Å². The summed E-state index contributed by atoms with van der Waals surface area (Å²) in [7, 11) is 0. The molecular weight excluding hydrogens is 268 g/mol. The van der Waals surface area contributed by atoms with Crippen molar-refractivity contribution in [1.29, 1.82) is 0 Å². The summed E-state index contributed by atoms with van der Waals surface area (Å²) in [5, 5.41) is 8.73. The first-order valence-corrected chi connectivity index (χ1v) is 7.23.